The minimum atomic E-state index is 0.558. The van der Waals surface area contributed by atoms with Crippen molar-refractivity contribution in [3.63, 3.8) is 0 Å². The average molecular weight is 320 g/mol. The smallest absolute Gasteiger partial charge is 0.170 e. The van der Waals surface area contributed by atoms with Gasteiger partial charge in [-0.05, 0) is 42.9 Å². The third-order valence-electron chi connectivity index (χ3n) is 3.12. The second-order valence-electron chi connectivity index (χ2n) is 4.63. The van der Waals surface area contributed by atoms with Crippen molar-refractivity contribution in [1.29, 1.82) is 0 Å². The van der Waals surface area contributed by atoms with Gasteiger partial charge < -0.3 is 24.5 Å². The lowest BCUT2D eigenvalue weighted by atomic mass is 10.2. The van der Waals surface area contributed by atoms with Crippen LogP contribution >= 0.6 is 12.2 Å². The van der Waals surface area contributed by atoms with Crippen molar-refractivity contribution in [3.05, 3.63) is 42.4 Å². The molecule has 0 bridgehead atoms. The van der Waals surface area contributed by atoms with Crippen LogP contribution in [0.3, 0.4) is 0 Å². The number of methoxy groups -OCH3 is 2. The molecule has 2 rings (SSSR count). The number of ether oxygens (including phenoxy) is 2. The van der Waals surface area contributed by atoms with Crippen LogP contribution in [0.2, 0.25) is 0 Å². The van der Waals surface area contributed by atoms with E-state index in [4.69, 9.17) is 26.1 Å². The van der Waals surface area contributed by atoms with Gasteiger partial charge in [0.15, 0.2) is 5.11 Å². The summed E-state index contributed by atoms with van der Waals surface area (Å²) in [5.74, 6) is 2.40. The van der Waals surface area contributed by atoms with E-state index in [1.807, 2.05) is 30.3 Å². The number of aryl methyl sites for hydroxylation is 1. The summed E-state index contributed by atoms with van der Waals surface area (Å²) in [5, 5.41) is 6.85. The van der Waals surface area contributed by atoms with E-state index in [0.29, 0.717) is 10.9 Å². The minimum Gasteiger partial charge on any atom is -0.497 e. The zero-order chi connectivity index (χ0) is 15.8. The van der Waals surface area contributed by atoms with E-state index >= 15 is 0 Å². The Kier molecular flexibility index (Phi) is 6.09. The first-order valence-electron chi connectivity index (χ1n) is 7.02. The predicted molar refractivity (Wildman–Crippen MR) is 90.8 cm³/mol. The van der Waals surface area contributed by atoms with Crippen LogP contribution in [0.15, 0.2) is 41.0 Å². The molecule has 2 aromatic rings. The molecule has 0 aliphatic heterocycles. The van der Waals surface area contributed by atoms with Crippen molar-refractivity contribution in [3.8, 4) is 11.5 Å². The number of nitrogens with one attached hydrogen (secondary N) is 2. The second kappa shape index (κ2) is 8.29. The molecule has 118 valence electrons. The molecule has 0 unspecified atom stereocenters. The highest BCUT2D eigenvalue weighted by Gasteiger charge is 2.06. The number of rotatable bonds is 7. The Bertz CT molecular complexity index is 599. The molecule has 0 amide bonds. The lowest BCUT2D eigenvalue weighted by Gasteiger charge is -2.14. The van der Waals surface area contributed by atoms with Gasteiger partial charge in [0.25, 0.3) is 0 Å². The molecular weight excluding hydrogens is 300 g/mol. The Morgan fingerprint density at radius 2 is 2.09 bits per heavy atom. The molecular formula is C16H20N2O3S. The third-order valence-corrected chi connectivity index (χ3v) is 3.37. The maximum Gasteiger partial charge on any atom is 0.170 e. The first-order chi connectivity index (χ1) is 10.7. The zero-order valence-corrected chi connectivity index (χ0v) is 13.5. The molecule has 0 spiro atoms. The maximum atomic E-state index is 5.32. The van der Waals surface area contributed by atoms with Crippen molar-refractivity contribution in [1.82, 2.24) is 5.32 Å². The zero-order valence-electron chi connectivity index (χ0n) is 12.7. The van der Waals surface area contributed by atoms with Crippen LogP contribution in [0, 0.1) is 0 Å². The monoisotopic (exact) mass is 320 g/mol. The number of thiocarbonyl (C=S) groups is 1. The van der Waals surface area contributed by atoms with Crippen LogP contribution in [0.25, 0.3) is 0 Å². The maximum absolute atomic E-state index is 5.32. The largest absolute Gasteiger partial charge is 0.497 e. The van der Waals surface area contributed by atoms with Gasteiger partial charge in [0.2, 0.25) is 0 Å². The van der Waals surface area contributed by atoms with Crippen molar-refractivity contribution in [2.75, 3.05) is 26.1 Å². The lowest BCUT2D eigenvalue weighted by Crippen LogP contribution is -2.29. The van der Waals surface area contributed by atoms with Crippen molar-refractivity contribution >= 4 is 23.0 Å². The first-order valence-corrected chi connectivity index (χ1v) is 7.43. The average Bonchev–Trinajstić information content (AvgIpc) is 3.05. The summed E-state index contributed by atoms with van der Waals surface area (Å²) >= 11 is 5.29. The standard InChI is InChI=1S/C16H20N2O3S/c1-19-13-7-8-14(15(11-13)20-2)18-16(22)17-9-3-5-12-6-4-10-21-12/h4,6-8,10-11H,3,5,9H2,1-2H3,(H2,17,18,22). The molecule has 1 heterocycles. The number of anilines is 1. The Morgan fingerprint density at radius 1 is 1.23 bits per heavy atom. The van der Waals surface area contributed by atoms with E-state index in [0.717, 1.165) is 36.6 Å². The predicted octanol–water partition coefficient (Wildman–Crippen LogP) is 3.22. The normalized spacial score (nSPS) is 10.1. The molecule has 0 aliphatic carbocycles. The van der Waals surface area contributed by atoms with Crippen LogP contribution in [0.5, 0.6) is 11.5 Å². The van der Waals surface area contributed by atoms with Crippen LogP contribution < -0.4 is 20.1 Å². The van der Waals surface area contributed by atoms with Gasteiger partial charge in [-0.1, -0.05) is 0 Å². The summed E-state index contributed by atoms with van der Waals surface area (Å²) in [6.07, 6.45) is 3.51. The van der Waals surface area contributed by atoms with Gasteiger partial charge in [-0.25, -0.2) is 0 Å². The first kappa shape index (κ1) is 16.2. The van der Waals surface area contributed by atoms with Crippen LogP contribution in [-0.2, 0) is 6.42 Å². The van der Waals surface area contributed by atoms with Gasteiger partial charge in [0.05, 0.1) is 26.2 Å². The third kappa shape index (κ3) is 4.66. The SMILES string of the molecule is COc1ccc(NC(=S)NCCCc2ccco2)c(OC)c1. The highest BCUT2D eigenvalue weighted by atomic mass is 32.1. The van der Waals surface area contributed by atoms with Crippen LogP contribution in [0.1, 0.15) is 12.2 Å². The van der Waals surface area contributed by atoms with Crippen molar-refractivity contribution in [2.45, 2.75) is 12.8 Å². The lowest BCUT2D eigenvalue weighted by molar-refractivity contribution is 0.395. The number of hydrogen-bond donors (Lipinski definition) is 2. The Morgan fingerprint density at radius 3 is 2.77 bits per heavy atom. The van der Waals surface area contributed by atoms with E-state index < -0.39 is 0 Å². The highest BCUT2D eigenvalue weighted by molar-refractivity contribution is 7.80. The fourth-order valence-corrected chi connectivity index (χ4v) is 2.20. The molecule has 0 saturated carbocycles. The Labute approximate surface area is 135 Å². The molecule has 1 aromatic heterocycles. The van der Waals surface area contributed by atoms with Gasteiger partial charge in [0, 0.05) is 19.0 Å². The van der Waals surface area contributed by atoms with E-state index in [-0.39, 0.29) is 0 Å². The molecule has 22 heavy (non-hydrogen) atoms. The molecule has 6 heteroatoms. The summed E-state index contributed by atoms with van der Waals surface area (Å²) in [6, 6.07) is 9.39. The molecule has 0 aliphatic rings. The van der Waals surface area contributed by atoms with Crippen LogP contribution in [-0.4, -0.2) is 25.9 Å². The summed E-state index contributed by atoms with van der Waals surface area (Å²) in [7, 11) is 3.23. The molecule has 0 saturated heterocycles. The molecule has 0 atom stereocenters. The molecule has 2 N–H and O–H groups in total. The van der Waals surface area contributed by atoms with Gasteiger partial charge in [0.1, 0.15) is 17.3 Å². The number of hydrogen-bond acceptors (Lipinski definition) is 4. The van der Waals surface area contributed by atoms with Crippen molar-refractivity contribution in [2.24, 2.45) is 0 Å². The van der Waals surface area contributed by atoms with Gasteiger partial charge in [-0.3, -0.25) is 0 Å². The summed E-state index contributed by atoms with van der Waals surface area (Å²) in [6.45, 7) is 0.769. The van der Waals surface area contributed by atoms with Crippen molar-refractivity contribution < 1.29 is 13.9 Å². The van der Waals surface area contributed by atoms with Gasteiger partial charge >= 0.3 is 0 Å². The summed E-state index contributed by atoms with van der Waals surface area (Å²) in [4.78, 5) is 0. The van der Waals surface area contributed by atoms with Crippen LogP contribution in [0.4, 0.5) is 5.69 Å². The van der Waals surface area contributed by atoms with E-state index in [9.17, 15) is 0 Å². The Balaban J connectivity index is 1.79. The quantitative estimate of drug-likeness (QED) is 0.603. The topological polar surface area (TPSA) is 55.7 Å². The molecule has 0 fully saturated rings. The van der Waals surface area contributed by atoms with Gasteiger partial charge in [-0.2, -0.15) is 0 Å². The highest BCUT2D eigenvalue weighted by Crippen LogP contribution is 2.28. The Hall–Kier alpha value is -2.21. The summed E-state index contributed by atoms with van der Waals surface area (Å²) in [5.41, 5.74) is 0.798. The molecule has 5 nitrogen and oxygen atoms in total. The minimum absolute atomic E-state index is 0.558. The summed E-state index contributed by atoms with van der Waals surface area (Å²) < 4.78 is 15.8. The van der Waals surface area contributed by atoms with E-state index in [1.54, 1.807) is 20.5 Å². The number of benzene rings is 1. The number of furan rings is 1. The molecule has 1 aromatic carbocycles. The fourth-order valence-electron chi connectivity index (χ4n) is 1.99. The van der Waals surface area contributed by atoms with E-state index in [1.165, 1.54) is 0 Å². The molecule has 0 radical (unpaired) electrons. The van der Waals surface area contributed by atoms with Gasteiger partial charge in [-0.15, -0.1) is 0 Å². The second-order valence-corrected chi connectivity index (χ2v) is 5.04. The fraction of sp³-hybridized carbons (Fsp3) is 0.312. The van der Waals surface area contributed by atoms with E-state index in [2.05, 4.69) is 10.6 Å².